The zero-order valence-corrected chi connectivity index (χ0v) is 19.3. The third kappa shape index (κ3) is 3.42. The highest BCUT2D eigenvalue weighted by Gasteiger charge is 2.59. The van der Waals surface area contributed by atoms with Crippen LogP contribution in [0.1, 0.15) is 98.8 Å². The second-order valence-corrected chi connectivity index (χ2v) is 12.2. The Morgan fingerprint density at radius 2 is 1.61 bits per heavy atom. The van der Waals surface area contributed by atoms with Crippen LogP contribution >= 0.6 is 0 Å². The van der Waals surface area contributed by atoms with E-state index in [1.165, 1.54) is 51.4 Å². The van der Waals surface area contributed by atoms with E-state index in [0.29, 0.717) is 16.7 Å². The first-order chi connectivity index (χ1) is 13.3. The van der Waals surface area contributed by atoms with Crippen LogP contribution in [0, 0.1) is 52.3 Å². The highest BCUT2D eigenvalue weighted by molar-refractivity contribution is 5.10. The van der Waals surface area contributed by atoms with Gasteiger partial charge in [0.25, 0.3) is 0 Å². The van der Waals surface area contributed by atoms with Gasteiger partial charge < -0.3 is 5.11 Å². The van der Waals surface area contributed by atoms with Gasteiger partial charge in [-0.1, -0.05) is 46.8 Å². The highest BCUT2D eigenvalue weighted by Crippen LogP contribution is 2.67. The molecule has 1 heteroatoms. The van der Waals surface area contributed by atoms with Crippen molar-refractivity contribution < 1.29 is 5.11 Å². The molecule has 1 N–H and O–H groups in total. The van der Waals surface area contributed by atoms with Gasteiger partial charge in [0.2, 0.25) is 0 Å². The minimum Gasteiger partial charge on any atom is -0.393 e. The standard InChI is InChI=1S/C27H46O/c1-18(2)19(3)7-6-8-20-10-12-24-23-11-9-21-17-22(28)13-15-27(21,5)25(23)14-16-26(20,24)4/h6-7,18-25,28H,8-17H2,1-5H3/b7-6+/t19?,20?,21?,22-,23?,24?,25?,26?,27-/m0/s1. The van der Waals surface area contributed by atoms with Crippen LogP contribution < -0.4 is 0 Å². The Hall–Kier alpha value is -0.300. The lowest BCUT2D eigenvalue weighted by Gasteiger charge is -2.61. The van der Waals surface area contributed by atoms with Crippen LogP contribution in [0.3, 0.4) is 0 Å². The van der Waals surface area contributed by atoms with Crippen molar-refractivity contribution in [3.63, 3.8) is 0 Å². The van der Waals surface area contributed by atoms with E-state index < -0.39 is 0 Å². The van der Waals surface area contributed by atoms with Crippen LogP contribution in [-0.4, -0.2) is 11.2 Å². The van der Waals surface area contributed by atoms with E-state index in [-0.39, 0.29) is 6.10 Å². The summed E-state index contributed by atoms with van der Waals surface area (Å²) in [5.74, 6) is 6.04. The molecular formula is C27H46O. The quantitative estimate of drug-likeness (QED) is 0.505. The molecule has 0 aromatic heterocycles. The second kappa shape index (κ2) is 7.75. The number of fused-ring (bicyclic) bond motifs is 5. The predicted octanol–water partition coefficient (Wildman–Crippen LogP) is 7.24. The smallest absolute Gasteiger partial charge is 0.0543 e. The zero-order chi connectivity index (χ0) is 20.1. The van der Waals surface area contributed by atoms with Gasteiger partial charge in [-0.15, -0.1) is 0 Å². The van der Waals surface area contributed by atoms with E-state index in [4.69, 9.17) is 0 Å². The minimum atomic E-state index is -0.0145. The van der Waals surface area contributed by atoms with Gasteiger partial charge in [0.05, 0.1) is 6.10 Å². The fraction of sp³-hybridized carbons (Fsp3) is 0.926. The van der Waals surface area contributed by atoms with Crippen LogP contribution in [0.25, 0.3) is 0 Å². The molecule has 9 atom stereocenters. The Morgan fingerprint density at radius 1 is 0.893 bits per heavy atom. The number of allylic oxidation sites excluding steroid dienone is 2. The molecule has 4 fully saturated rings. The molecule has 160 valence electrons. The first-order valence-corrected chi connectivity index (χ1v) is 12.6. The van der Waals surface area contributed by atoms with Crippen molar-refractivity contribution in [1.29, 1.82) is 0 Å². The molecule has 0 amide bonds. The molecule has 28 heavy (non-hydrogen) atoms. The number of hydrogen-bond donors (Lipinski definition) is 1. The lowest BCUT2D eigenvalue weighted by atomic mass is 9.44. The molecule has 0 aromatic rings. The fourth-order valence-electron chi connectivity index (χ4n) is 8.41. The van der Waals surface area contributed by atoms with E-state index >= 15 is 0 Å². The van der Waals surface area contributed by atoms with Gasteiger partial charge in [-0.25, -0.2) is 0 Å². The van der Waals surface area contributed by atoms with Crippen LogP contribution in [0.5, 0.6) is 0 Å². The summed E-state index contributed by atoms with van der Waals surface area (Å²) in [7, 11) is 0. The van der Waals surface area contributed by atoms with E-state index in [0.717, 1.165) is 48.3 Å². The Morgan fingerprint density at radius 3 is 2.36 bits per heavy atom. The predicted molar refractivity (Wildman–Crippen MR) is 119 cm³/mol. The first-order valence-electron chi connectivity index (χ1n) is 12.6. The minimum absolute atomic E-state index is 0.0145. The number of aliphatic hydroxyl groups excluding tert-OH is 1. The monoisotopic (exact) mass is 386 g/mol. The maximum Gasteiger partial charge on any atom is 0.0543 e. The van der Waals surface area contributed by atoms with Crippen LogP contribution in [0.15, 0.2) is 12.2 Å². The number of aliphatic hydroxyl groups is 1. The molecule has 0 heterocycles. The number of hydrogen-bond acceptors (Lipinski definition) is 1. The van der Waals surface area contributed by atoms with Crippen molar-refractivity contribution in [1.82, 2.24) is 0 Å². The average Bonchev–Trinajstić information content (AvgIpc) is 2.99. The number of rotatable bonds is 4. The first kappa shape index (κ1) is 21.0. The van der Waals surface area contributed by atoms with Gasteiger partial charge in [-0.3, -0.25) is 0 Å². The van der Waals surface area contributed by atoms with Crippen molar-refractivity contribution >= 4 is 0 Å². The van der Waals surface area contributed by atoms with Gasteiger partial charge in [0.15, 0.2) is 0 Å². The van der Waals surface area contributed by atoms with Gasteiger partial charge >= 0.3 is 0 Å². The molecule has 1 nitrogen and oxygen atoms in total. The van der Waals surface area contributed by atoms with E-state index in [9.17, 15) is 5.11 Å². The molecule has 4 aliphatic carbocycles. The third-order valence-corrected chi connectivity index (χ3v) is 10.7. The Kier molecular flexibility index (Phi) is 5.80. The molecular weight excluding hydrogens is 340 g/mol. The average molecular weight is 387 g/mol. The van der Waals surface area contributed by atoms with Crippen molar-refractivity contribution in [2.75, 3.05) is 0 Å². The summed E-state index contributed by atoms with van der Waals surface area (Å²) in [6.07, 6.45) is 18.5. The molecule has 0 aromatic carbocycles. The summed E-state index contributed by atoms with van der Waals surface area (Å²) < 4.78 is 0. The van der Waals surface area contributed by atoms with Gasteiger partial charge in [0.1, 0.15) is 0 Å². The summed E-state index contributed by atoms with van der Waals surface area (Å²) in [5.41, 5.74) is 1.11. The molecule has 4 saturated carbocycles. The highest BCUT2D eigenvalue weighted by atomic mass is 16.3. The third-order valence-electron chi connectivity index (χ3n) is 10.7. The lowest BCUT2D eigenvalue weighted by molar-refractivity contribution is -0.126. The van der Waals surface area contributed by atoms with Crippen molar-refractivity contribution in [2.45, 2.75) is 105 Å². The molecule has 0 spiro atoms. The van der Waals surface area contributed by atoms with Gasteiger partial charge in [-0.05, 0) is 116 Å². The summed E-state index contributed by atoms with van der Waals surface area (Å²) in [6, 6.07) is 0. The topological polar surface area (TPSA) is 20.2 Å². The summed E-state index contributed by atoms with van der Waals surface area (Å²) >= 11 is 0. The molecule has 0 bridgehead atoms. The summed E-state index contributed by atoms with van der Waals surface area (Å²) in [6.45, 7) is 12.3. The molecule has 0 radical (unpaired) electrons. The molecule has 0 saturated heterocycles. The van der Waals surface area contributed by atoms with E-state index in [2.05, 4.69) is 46.8 Å². The van der Waals surface area contributed by atoms with Crippen molar-refractivity contribution in [2.24, 2.45) is 52.3 Å². The molecule has 7 unspecified atom stereocenters. The van der Waals surface area contributed by atoms with Gasteiger partial charge in [-0.2, -0.15) is 0 Å². The zero-order valence-electron chi connectivity index (χ0n) is 19.3. The fourth-order valence-corrected chi connectivity index (χ4v) is 8.41. The van der Waals surface area contributed by atoms with Crippen LogP contribution in [-0.2, 0) is 0 Å². The van der Waals surface area contributed by atoms with Crippen LogP contribution in [0.2, 0.25) is 0 Å². The molecule has 4 aliphatic rings. The normalized spacial score (nSPS) is 49.7. The Balaban J connectivity index is 1.46. The summed E-state index contributed by atoms with van der Waals surface area (Å²) in [5, 5.41) is 10.2. The van der Waals surface area contributed by atoms with E-state index in [1.54, 1.807) is 0 Å². The maximum atomic E-state index is 10.2. The van der Waals surface area contributed by atoms with Crippen molar-refractivity contribution in [3.8, 4) is 0 Å². The Bertz CT molecular complexity index is 579. The molecule has 4 rings (SSSR count). The van der Waals surface area contributed by atoms with Crippen LogP contribution in [0.4, 0.5) is 0 Å². The largest absolute Gasteiger partial charge is 0.393 e. The summed E-state index contributed by atoms with van der Waals surface area (Å²) in [4.78, 5) is 0. The Labute approximate surface area is 174 Å². The maximum absolute atomic E-state index is 10.2. The molecule has 0 aliphatic heterocycles. The SMILES string of the molecule is CC(C)C(C)/C=C/CC1CCC2C3CCC4C[C@@H](O)CC[C@]4(C)C3CCC12C. The van der Waals surface area contributed by atoms with Gasteiger partial charge in [0, 0.05) is 0 Å². The van der Waals surface area contributed by atoms with E-state index in [1.807, 2.05) is 0 Å². The second-order valence-electron chi connectivity index (χ2n) is 12.2. The van der Waals surface area contributed by atoms with Crippen molar-refractivity contribution in [3.05, 3.63) is 12.2 Å². The lowest BCUT2D eigenvalue weighted by Crippen LogP contribution is -2.53.